The lowest BCUT2D eigenvalue weighted by atomic mass is 9.63. The van der Waals surface area contributed by atoms with Crippen LogP contribution in [0.25, 0.3) is 0 Å². The molecule has 0 aromatic carbocycles. The van der Waals surface area contributed by atoms with Crippen LogP contribution in [0.5, 0.6) is 0 Å². The molecule has 4 nitrogen and oxygen atoms in total. The van der Waals surface area contributed by atoms with Crippen molar-refractivity contribution in [2.75, 3.05) is 0 Å². The van der Waals surface area contributed by atoms with Gasteiger partial charge in [0.2, 0.25) is 0 Å². The fourth-order valence-electron chi connectivity index (χ4n) is 5.90. The lowest BCUT2D eigenvalue weighted by Crippen LogP contribution is -2.35. The number of aliphatic hydroxyl groups excluding tert-OH is 3. The van der Waals surface area contributed by atoms with Crippen molar-refractivity contribution < 1.29 is 20.1 Å². The summed E-state index contributed by atoms with van der Waals surface area (Å²) in [5.74, 6) is 0. The van der Waals surface area contributed by atoms with Crippen LogP contribution >= 0.6 is 0 Å². The van der Waals surface area contributed by atoms with Gasteiger partial charge in [-0.15, -0.1) is 0 Å². The van der Waals surface area contributed by atoms with Gasteiger partial charge in [0.25, 0.3) is 0 Å². The molecule has 3 atom stereocenters. The molecule has 4 heteroatoms. The van der Waals surface area contributed by atoms with Gasteiger partial charge < -0.3 is 20.1 Å². The second-order valence-corrected chi connectivity index (χ2v) is 11.9. The zero-order valence-electron chi connectivity index (χ0n) is 20.1. The molecule has 3 aliphatic carbocycles. The van der Waals surface area contributed by atoms with Crippen LogP contribution in [-0.2, 0) is 4.74 Å². The summed E-state index contributed by atoms with van der Waals surface area (Å²) in [4.78, 5) is 0. The van der Waals surface area contributed by atoms with E-state index in [4.69, 9.17) is 4.74 Å². The molecule has 0 bridgehead atoms. The van der Waals surface area contributed by atoms with Gasteiger partial charge in [-0.2, -0.15) is 0 Å². The molecule has 1 spiro atoms. The van der Waals surface area contributed by atoms with Gasteiger partial charge in [-0.25, -0.2) is 0 Å². The minimum absolute atomic E-state index is 0.206. The monoisotopic (exact) mass is 434 g/mol. The topological polar surface area (TPSA) is 69.9 Å². The molecule has 3 N–H and O–H groups in total. The number of rotatable bonds is 6. The molecule has 3 saturated carbocycles. The Morgan fingerprint density at radius 3 is 2.32 bits per heavy atom. The lowest BCUT2D eigenvalue weighted by Gasteiger charge is -2.44. The Morgan fingerprint density at radius 1 is 1.03 bits per heavy atom. The Balaban J connectivity index is 1.45. The van der Waals surface area contributed by atoms with Crippen molar-refractivity contribution in [1.82, 2.24) is 0 Å². The highest BCUT2D eigenvalue weighted by Crippen LogP contribution is 2.49. The van der Waals surface area contributed by atoms with Crippen LogP contribution < -0.4 is 0 Å². The van der Waals surface area contributed by atoms with Gasteiger partial charge >= 0.3 is 0 Å². The summed E-state index contributed by atoms with van der Waals surface area (Å²) in [6.07, 6.45) is 17.4. The molecule has 3 fully saturated rings. The van der Waals surface area contributed by atoms with Crippen molar-refractivity contribution in [3.05, 3.63) is 23.3 Å². The van der Waals surface area contributed by atoms with E-state index in [1.165, 1.54) is 49.7 Å². The third-order valence-corrected chi connectivity index (χ3v) is 7.62. The highest BCUT2D eigenvalue weighted by Gasteiger charge is 2.38. The van der Waals surface area contributed by atoms with Gasteiger partial charge in [-0.3, -0.25) is 0 Å². The first kappa shape index (κ1) is 25.0. The summed E-state index contributed by atoms with van der Waals surface area (Å²) in [5, 5.41) is 30.1. The average Bonchev–Trinajstić information content (AvgIpc) is 2.67. The summed E-state index contributed by atoms with van der Waals surface area (Å²) >= 11 is 0. The minimum Gasteiger partial charge on any atom is -0.393 e. The molecule has 0 amide bonds. The maximum atomic E-state index is 10.3. The molecule has 3 rings (SSSR count). The normalized spacial score (nSPS) is 36.3. The Labute approximate surface area is 189 Å². The van der Waals surface area contributed by atoms with Crippen molar-refractivity contribution in [2.24, 2.45) is 10.8 Å². The Bertz CT molecular complexity index is 610. The van der Waals surface area contributed by atoms with E-state index < -0.39 is 18.5 Å². The second kappa shape index (κ2) is 11.0. The first-order valence-corrected chi connectivity index (χ1v) is 12.7. The van der Waals surface area contributed by atoms with Gasteiger partial charge in [0.1, 0.15) is 0 Å². The van der Waals surface area contributed by atoms with Crippen LogP contribution in [-0.4, -0.2) is 39.9 Å². The first-order chi connectivity index (χ1) is 14.6. The molecule has 0 radical (unpaired) electrons. The van der Waals surface area contributed by atoms with E-state index in [0.717, 1.165) is 32.1 Å². The third kappa shape index (κ3) is 8.31. The third-order valence-electron chi connectivity index (χ3n) is 7.62. The van der Waals surface area contributed by atoms with E-state index in [0.29, 0.717) is 30.1 Å². The Hall–Kier alpha value is -0.680. The predicted molar refractivity (Wildman–Crippen MR) is 126 cm³/mol. The van der Waals surface area contributed by atoms with E-state index in [1.807, 2.05) is 0 Å². The average molecular weight is 435 g/mol. The van der Waals surface area contributed by atoms with Crippen LogP contribution in [0, 0.1) is 10.8 Å². The summed E-state index contributed by atoms with van der Waals surface area (Å²) < 4.78 is 6.00. The smallest absolute Gasteiger partial charge is 0.154 e. The Kier molecular flexibility index (Phi) is 8.82. The van der Waals surface area contributed by atoms with Crippen LogP contribution in [0.2, 0.25) is 0 Å². The maximum absolute atomic E-state index is 10.3. The molecular formula is C27H46O4. The number of aliphatic hydroxyl groups is 3. The van der Waals surface area contributed by atoms with Gasteiger partial charge in [-0.1, -0.05) is 44.1 Å². The van der Waals surface area contributed by atoms with E-state index in [-0.39, 0.29) is 6.10 Å². The highest BCUT2D eigenvalue weighted by molar-refractivity contribution is 5.22. The van der Waals surface area contributed by atoms with Gasteiger partial charge in [0.15, 0.2) is 6.29 Å². The van der Waals surface area contributed by atoms with E-state index in [1.54, 1.807) is 0 Å². The number of allylic oxidation sites excluding steroid dienone is 3. The molecule has 3 aliphatic rings. The SMILES string of the molecule is CC(C)(C)CCCC(O)OC1CCC2(CCC/C(=C\C=C3C[C@@H](O)C[C@@H](O)C3)C2)CC1. The summed E-state index contributed by atoms with van der Waals surface area (Å²) in [7, 11) is 0. The van der Waals surface area contributed by atoms with Crippen molar-refractivity contribution >= 4 is 0 Å². The summed E-state index contributed by atoms with van der Waals surface area (Å²) in [6, 6.07) is 0. The number of hydrogen-bond donors (Lipinski definition) is 3. The zero-order chi connectivity index (χ0) is 22.5. The van der Waals surface area contributed by atoms with Gasteiger partial charge in [0.05, 0.1) is 18.3 Å². The van der Waals surface area contributed by atoms with Crippen molar-refractivity contribution in [3.63, 3.8) is 0 Å². The molecule has 31 heavy (non-hydrogen) atoms. The van der Waals surface area contributed by atoms with Gasteiger partial charge in [-0.05, 0) is 101 Å². The molecule has 0 aromatic rings. The standard InChI is InChI=1S/C27H46O4/c1-26(2,3)12-5-7-25(30)31-24-10-14-27(15-11-24)13-4-6-20(19-27)8-9-21-16-22(28)18-23(29)17-21/h8-9,22-25,28-30H,4-7,10-19H2,1-3H3/b20-8+,21-9?/t22-,23+,24?,25?,27?. The molecule has 0 aromatic heterocycles. The first-order valence-electron chi connectivity index (χ1n) is 12.7. The van der Waals surface area contributed by atoms with Crippen LogP contribution in [0.4, 0.5) is 0 Å². The lowest BCUT2D eigenvalue weighted by molar-refractivity contribution is -0.155. The highest BCUT2D eigenvalue weighted by atomic mass is 16.6. The number of ether oxygens (including phenoxy) is 1. The second-order valence-electron chi connectivity index (χ2n) is 11.9. The van der Waals surface area contributed by atoms with E-state index >= 15 is 0 Å². The summed E-state index contributed by atoms with van der Waals surface area (Å²) in [6.45, 7) is 6.73. The molecule has 0 heterocycles. The molecule has 0 aliphatic heterocycles. The van der Waals surface area contributed by atoms with E-state index in [9.17, 15) is 15.3 Å². The molecule has 0 saturated heterocycles. The fraction of sp³-hybridized carbons (Fsp3) is 0.852. The maximum Gasteiger partial charge on any atom is 0.154 e. The zero-order valence-corrected chi connectivity index (χ0v) is 20.1. The quantitative estimate of drug-likeness (QED) is 0.462. The predicted octanol–water partition coefficient (Wildman–Crippen LogP) is 5.80. The number of hydrogen-bond acceptors (Lipinski definition) is 4. The molecule has 178 valence electrons. The Morgan fingerprint density at radius 2 is 1.68 bits per heavy atom. The minimum atomic E-state index is -0.615. The van der Waals surface area contributed by atoms with E-state index in [2.05, 4.69) is 32.9 Å². The van der Waals surface area contributed by atoms with Gasteiger partial charge in [0, 0.05) is 0 Å². The fourth-order valence-corrected chi connectivity index (χ4v) is 5.90. The molecule has 1 unspecified atom stereocenters. The van der Waals surface area contributed by atoms with Crippen molar-refractivity contribution in [1.29, 1.82) is 0 Å². The van der Waals surface area contributed by atoms with Crippen LogP contribution in [0.15, 0.2) is 23.3 Å². The largest absolute Gasteiger partial charge is 0.393 e. The van der Waals surface area contributed by atoms with Crippen molar-refractivity contribution in [2.45, 2.75) is 135 Å². The van der Waals surface area contributed by atoms with Crippen LogP contribution in [0.1, 0.15) is 111 Å². The van der Waals surface area contributed by atoms with Crippen LogP contribution in [0.3, 0.4) is 0 Å². The summed E-state index contributed by atoms with van der Waals surface area (Å²) in [5.41, 5.74) is 3.42. The molecular weight excluding hydrogens is 388 g/mol. The van der Waals surface area contributed by atoms with Crippen molar-refractivity contribution in [3.8, 4) is 0 Å².